The highest BCUT2D eigenvalue weighted by molar-refractivity contribution is 5.69. The summed E-state index contributed by atoms with van der Waals surface area (Å²) < 4.78 is 4.54. The molecule has 0 heterocycles. The standard InChI is InChI=1S/C7H11NO3/c1-3-4-8-7(5-9)11-6(2)10/h3,5,7-8H,1,4H2,2H3. The number of hydrogen-bond acceptors (Lipinski definition) is 4. The Bertz CT molecular complexity index is 156. The fourth-order valence-corrected chi connectivity index (χ4v) is 0.496. The third-order valence-electron chi connectivity index (χ3n) is 0.880. The van der Waals surface area contributed by atoms with Crippen molar-refractivity contribution in [2.45, 2.75) is 13.2 Å². The van der Waals surface area contributed by atoms with Gasteiger partial charge in [0.15, 0.2) is 6.29 Å². The van der Waals surface area contributed by atoms with Gasteiger partial charge in [-0.3, -0.25) is 14.9 Å². The second kappa shape index (κ2) is 5.61. The highest BCUT2D eigenvalue weighted by Gasteiger charge is 2.06. The molecule has 0 bridgehead atoms. The molecule has 1 atom stereocenters. The third kappa shape index (κ3) is 5.29. The van der Waals surface area contributed by atoms with Crippen LogP contribution in [0.4, 0.5) is 0 Å². The molecule has 11 heavy (non-hydrogen) atoms. The molecule has 0 fully saturated rings. The monoisotopic (exact) mass is 157 g/mol. The topological polar surface area (TPSA) is 55.4 Å². The minimum atomic E-state index is -0.856. The highest BCUT2D eigenvalue weighted by atomic mass is 16.6. The van der Waals surface area contributed by atoms with Crippen molar-refractivity contribution >= 4 is 12.3 Å². The number of hydrogen-bond donors (Lipinski definition) is 1. The maximum atomic E-state index is 10.3. The van der Waals surface area contributed by atoms with Gasteiger partial charge >= 0.3 is 5.97 Å². The Labute approximate surface area is 65.2 Å². The summed E-state index contributed by atoms with van der Waals surface area (Å²) in [4.78, 5) is 20.5. The minimum absolute atomic E-state index is 0.427. The smallest absolute Gasteiger partial charge is 0.304 e. The minimum Gasteiger partial charge on any atom is -0.440 e. The quantitative estimate of drug-likeness (QED) is 0.261. The molecule has 4 heteroatoms. The van der Waals surface area contributed by atoms with Crippen molar-refractivity contribution in [2.75, 3.05) is 6.54 Å². The maximum Gasteiger partial charge on any atom is 0.304 e. The summed E-state index contributed by atoms with van der Waals surface area (Å²) in [6.45, 7) is 5.10. The van der Waals surface area contributed by atoms with Crippen LogP contribution in [0, 0.1) is 0 Å². The maximum absolute atomic E-state index is 10.3. The van der Waals surface area contributed by atoms with Crippen molar-refractivity contribution in [3.05, 3.63) is 12.7 Å². The molecule has 1 unspecified atom stereocenters. The molecule has 4 nitrogen and oxygen atoms in total. The van der Waals surface area contributed by atoms with Gasteiger partial charge < -0.3 is 4.74 Å². The molecule has 0 aromatic rings. The summed E-state index contributed by atoms with van der Waals surface area (Å²) in [6, 6.07) is 0. The highest BCUT2D eigenvalue weighted by Crippen LogP contribution is 1.83. The van der Waals surface area contributed by atoms with Gasteiger partial charge in [-0.1, -0.05) is 6.08 Å². The van der Waals surface area contributed by atoms with E-state index >= 15 is 0 Å². The first-order valence-electron chi connectivity index (χ1n) is 3.17. The lowest BCUT2D eigenvalue weighted by atomic mass is 10.5. The van der Waals surface area contributed by atoms with Crippen LogP contribution in [0.2, 0.25) is 0 Å². The average Bonchev–Trinajstić information content (AvgIpc) is 1.97. The Kier molecular flexibility index (Phi) is 5.02. The Morgan fingerprint density at radius 1 is 1.82 bits per heavy atom. The number of esters is 1. The van der Waals surface area contributed by atoms with Crippen molar-refractivity contribution < 1.29 is 14.3 Å². The van der Waals surface area contributed by atoms with Gasteiger partial charge in [-0.05, 0) is 0 Å². The number of carbonyl (C=O) groups excluding carboxylic acids is 2. The molecule has 0 aliphatic rings. The van der Waals surface area contributed by atoms with Crippen LogP contribution in [0.5, 0.6) is 0 Å². The van der Waals surface area contributed by atoms with E-state index < -0.39 is 12.2 Å². The zero-order valence-electron chi connectivity index (χ0n) is 6.37. The lowest BCUT2D eigenvalue weighted by Crippen LogP contribution is -2.34. The fraction of sp³-hybridized carbons (Fsp3) is 0.429. The zero-order valence-corrected chi connectivity index (χ0v) is 6.37. The van der Waals surface area contributed by atoms with Crippen LogP contribution in [0.25, 0.3) is 0 Å². The molecule has 0 saturated heterocycles. The number of aldehydes is 1. The summed E-state index contributed by atoms with van der Waals surface area (Å²) in [5, 5.41) is 2.62. The molecular formula is C7H11NO3. The third-order valence-corrected chi connectivity index (χ3v) is 0.880. The van der Waals surface area contributed by atoms with E-state index in [2.05, 4.69) is 16.6 Å². The zero-order chi connectivity index (χ0) is 8.69. The van der Waals surface area contributed by atoms with Crippen molar-refractivity contribution in [1.29, 1.82) is 0 Å². The molecule has 0 saturated carbocycles. The van der Waals surface area contributed by atoms with Crippen LogP contribution < -0.4 is 5.32 Å². The van der Waals surface area contributed by atoms with Crippen molar-refractivity contribution in [3.8, 4) is 0 Å². The normalized spacial score (nSPS) is 11.7. The van der Waals surface area contributed by atoms with Gasteiger partial charge in [0.2, 0.25) is 6.23 Å². The van der Waals surface area contributed by atoms with Crippen LogP contribution >= 0.6 is 0 Å². The first-order valence-corrected chi connectivity index (χ1v) is 3.17. The number of ether oxygens (including phenoxy) is 1. The largest absolute Gasteiger partial charge is 0.440 e. The average molecular weight is 157 g/mol. The molecule has 1 N–H and O–H groups in total. The second-order valence-electron chi connectivity index (χ2n) is 1.86. The summed E-state index contributed by atoms with van der Waals surface area (Å²) in [5.41, 5.74) is 0. The van der Waals surface area contributed by atoms with Crippen LogP contribution in [-0.2, 0) is 14.3 Å². The molecule has 0 amide bonds. The van der Waals surface area contributed by atoms with Crippen LogP contribution in [0.1, 0.15) is 6.92 Å². The lowest BCUT2D eigenvalue weighted by Gasteiger charge is -2.09. The van der Waals surface area contributed by atoms with Crippen molar-refractivity contribution in [1.82, 2.24) is 5.32 Å². The van der Waals surface area contributed by atoms with E-state index in [4.69, 9.17) is 0 Å². The van der Waals surface area contributed by atoms with Crippen molar-refractivity contribution in [3.63, 3.8) is 0 Å². The second-order valence-corrected chi connectivity index (χ2v) is 1.86. The van der Waals surface area contributed by atoms with Crippen molar-refractivity contribution in [2.24, 2.45) is 0 Å². The lowest BCUT2D eigenvalue weighted by molar-refractivity contribution is -0.150. The number of carbonyl (C=O) groups is 2. The molecule has 0 spiro atoms. The Hall–Kier alpha value is -1.16. The van der Waals surface area contributed by atoms with E-state index in [1.54, 1.807) is 6.08 Å². The number of rotatable bonds is 5. The summed E-state index contributed by atoms with van der Waals surface area (Å²) in [6.07, 6.45) is 1.23. The van der Waals surface area contributed by atoms with Gasteiger partial charge in [-0.15, -0.1) is 6.58 Å². The molecule has 0 radical (unpaired) electrons. The van der Waals surface area contributed by atoms with E-state index in [1.165, 1.54) is 6.92 Å². The predicted molar refractivity (Wildman–Crippen MR) is 39.8 cm³/mol. The van der Waals surface area contributed by atoms with E-state index in [-0.39, 0.29) is 0 Å². The molecule has 62 valence electrons. The van der Waals surface area contributed by atoms with Crippen LogP contribution in [-0.4, -0.2) is 25.0 Å². The van der Waals surface area contributed by atoms with Gasteiger partial charge in [0.1, 0.15) is 0 Å². The van der Waals surface area contributed by atoms with Gasteiger partial charge in [0.05, 0.1) is 0 Å². The molecule has 0 aliphatic heterocycles. The Balaban J connectivity index is 3.65. The molecule has 0 aromatic heterocycles. The summed E-state index contributed by atoms with van der Waals surface area (Å²) in [5.74, 6) is -0.487. The molecule has 0 aromatic carbocycles. The van der Waals surface area contributed by atoms with E-state index in [0.717, 1.165) is 0 Å². The van der Waals surface area contributed by atoms with E-state index in [0.29, 0.717) is 12.8 Å². The SMILES string of the molecule is C=CCNC(C=O)OC(C)=O. The first-order chi connectivity index (χ1) is 5.20. The Morgan fingerprint density at radius 2 is 2.45 bits per heavy atom. The molecule has 0 rings (SSSR count). The van der Waals surface area contributed by atoms with E-state index in [9.17, 15) is 9.59 Å². The molecular weight excluding hydrogens is 146 g/mol. The summed E-state index contributed by atoms with van der Waals surface area (Å²) >= 11 is 0. The predicted octanol–water partition coefficient (Wildman–Crippen LogP) is -0.150. The fourth-order valence-electron chi connectivity index (χ4n) is 0.496. The molecule has 0 aliphatic carbocycles. The van der Waals surface area contributed by atoms with Gasteiger partial charge in [-0.2, -0.15) is 0 Å². The van der Waals surface area contributed by atoms with Gasteiger partial charge in [-0.25, -0.2) is 0 Å². The van der Waals surface area contributed by atoms with Gasteiger partial charge in [0.25, 0.3) is 0 Å². The van der Waals surface area contributed by atoms with Crippen LogP contribution in [0.15, 0.2) is 12.7 Å². The number of nitrogens with one attached hydrogen (secondary N) is 1. The van der Waals surface area contributed by atoms with Gasteiger partial charge in [0, 0.05) is 13.5 Å². The van der Waals surface area contributed by atoms with E-state index in [1.807, 2.05) is 0 Å². The van der Waals surface area contributed by atoms with Crippen LogP contribution in [0.3, 0.4) is 0 Å². The Morgan fingerprint density at radius 3 is 2.82 bits per heavy atom. The summed E-state index contributed by atoms with van der Waals surface area (Å²) in [7, 11) is 0. The first kappa shape index (κ1) is 9.84.